The van der Waals surface area contributed by atoms with Gasteiger partial charge in [-0.1, -0.05) is 62.4 Å². The molecule has 1 aromatic carbocycles. The van der Waals surface area contributed by atoms with Gasteiger partial charge in [0, 0.05) is 33.0 Å². The highest BCUT2D eigenvalue weighted by molar-refractivity contribution is 7.89. The standard InChI is InChI=1S/C33H50N4O6S/c1-5-7-19-30(38)31(39)29(23-26-17-12-9-13-18-26)36-33(41)28(14-6-2)35-32(40)27(22-25-15-10-8-11-16-25)24-44(42,43)37(4)21-20-34-3/h1-2,8,10-11,15-16,26-31,34,38-39H,7,9,12-14,17-24H2,3-4H3,(H,35,40)(H,36,41)/t27?,28-,29?,30?,31+/m0/s1. The Hall–Kier alpha value is -2.93. The highest BCUT2D eigenvalue weighted by Gasteiger charge is 2.34. The number of carbonyl (C=O) groups excluding carboxylic acids is 2. The molecule has 0 aliphatic heterocycles. The number of sulfonamides is 1. The summed E-state index contributed by atoms with van der Waals surface area (Å²) in [5.74, 6) is 2.47. The molecule has 0 heterocycles. The zero-order valence-corrected chi connectivity index (χ0v) is 26.9. The monoisotopic (exact) mass is 630 g/mol. The SMILES string of the molecule is C#CCCC(O)[C@H](O)C(CC1CCCCC1)NC(=O)[C@H](CC#C)NC(=O)C(Cc1ccccc1)CS(=O)(=O)N(C)CCNC. The number of rotatable bonds is 19. The van der Waals surface area contributed by atoms with Crippen molar-refractivity contribution in [3.63, 3.8) is 0 Å². The lowest BCUT2D eigenvalue weighted by Crippen LogP contribution is -2.56. The maximum absolute atomic E-state index is 13.7. The van der Waals surface area contributed by atoms with Crippen LogP contribution in [0.2, 0.25) is 0 Å². The first-order valence-electron chi connectivity index (χ1n) is 15.5. The van der Waals surface area contributed by atoms with Gasteiger partial charge >= 0.3 is 0 Å². The third-order valence-corrected chi connectivity index (χ3v) is 10.2. The van der Waals surface area contributed by atoms with E-state index in [-0.39, 0.29) is 38.1 Å². The molecule has 2 amide bonds. The molecule has 5 N–H and O–H groups in total. The summed E-state index contributed by atoms with van der Waals surface area (Å²) in [5.41, 5.74) is 0.773. The highest BCUT2D eigenvalue weighted by Crippen LogP contribution is 2.29. The van der Waals surface area contributed by atoms with E-state index < -0.39 is 57.8 Å². The number of hydrogen-bond donors (Lipinski definition) is 5. The Labute approximate surface area is 263 Å². The Balaban J connectivity index is 2.26. The molecule has 1 aromatic rings. The number of hydrogen-bond acceptors (Lipinski definition) is 7. The average Bonchev–Trinajstić information content (AvgIpc) is 3.01. The van der Waals surface area contributed by atoms with E-state index in [2.05, 4.69) is 27.8 Å². The largest absolute Gasteiger partial charge is 0.390 e. The molecule has 1 fully saturated rings. The molecule has 0 saturated heterocycles. The van der Waals surface area contributed by atoms with E-state index in [1.165, 1.54) is 11.4 Å². The molecule has 10 nitrogen and oxygen atoms in total. The highest BCUT2D eigenvalue weighted by atomic mass is 32.2. The van der Waals surface area contributed by atoms with Gasteiger partial charge in [-0.05, 0) is 37.8 Å². The molecule has 1 aliphatic carbocycles. The zero-order chi connectivity index (χ0) is 32.5. The van der Waals surface area contributed by atoms with Crippen LogP contribution in [0.1, 0.15) is 63.4 Å². The minimum atomic E-state index is -3.81. The van der Waals surface area contributed by atoms with Crippen LogP contribution in [0.15, 0.2) is 30.3 Å². The molecule has 0 radical (unpaired) electrons. The molecular weight excluding hydrogens is 580 g/mol. The van der Waals surface area contributed by atoms with Gasteiger partial charge in [0.25, 0.3) is 0 Å². The van der Waals surface area contributed by atoms with Gasteiger partial charge < -0.3 is 26.2 Å². The van der Waals surface area contributed by atoms with Gasteiger partial charge in [0.05, 0.1) is 23.8 Å². The van der Waals surface area contributed by atoms with Gasteiger partial charge in [0.2, 0.25) is 21.8 Å². The molecule has 0 spiro atoms. The minimum absolute atomic E-state index is 0.139. The molecule has 1 aliphatic rings. The van der Waals surface area contributed by atoms with Crippen molar-refractivity contribution in [2.45, 2.75) is 88.5 Å². The summed E-state index contributed by atoms with van der Waals surface area (Å²) < 4.78 is 27.6. The minimum Gasteiger partial charge on any atom is -0.390 e. The molecule has 0 bridgehead atoms. The second kappa shape index (κ2) is 19.5. The number of amides is 2. The summed E-state index contributed by atoms with van der Waals surface area (Å²) >= 11 is 0. The predicted octanol–water partition coefficient (Wildman–Crippen LogP) is 1.42. The van der Waals surface area contributed by atoms with Crippen LogP contribution in [0.25, 0.3) is 0 Å². The number of carbonyl (C=O) groups is 2. The van der Waals surface area contributed by atoms with Crippen LogP contribution in [0, 0.1) is 36.5 Å². The lowest BCUT2D eigenvalue weighted by molar-refractivity contribution is -0.132. The van der Waals surface area contributed by atoms with Crippen LogP contribution < -0.4 is 16.0 Å². The second-order valence-electron chi connectivity index (χ2n) is 11.7. The number of aliphatic hydroxyl groups excluding tert-OH is 2. The molecule has 11 heteroatoms. The number of nitrogens with one attached hydrogen (secondary N) is 3. The third kappa shape index (κ3) is 12.6. The molecule has 0 aromatic heterocycles. The number of terminal acetylenes is 2. The topological polar surface area (TPSA) is 148 Å². The maximum Gasteiger partial charge on any atom is 0.243 e. The summed E-state index contributed by atoms with van der Waals surface area (Å²) in [6.07, 6.45) is 14.6. The molecule has 3 unspecified atom stereocenters. The molecule has 1 saturated carbocycles. The summed E-state index contributed by atoms with van der Waals surface area (Å²) in [6, 6.07) is 7.12. The Bertz CT molecular complexity index is 1210. The van der Waals surface area contributed by atoms with Gasteiger partial charge in [0.1, 0.15) is 12.1 Å². The Morgan fingerprint density at radius 1 is 1.05 bits per heavy atom. The normalized spacial score (nSPS) is 17.4. The van der Waals surface area contributed by atoms with Crippen molar-refractivity contribution in [3.8, 4) is 24.7 Å². The van der Waals surface area contributed by atoms with Crippen molar-refractivity contribution in [2.75, 3.05) is 32.9 Å². The summed E-state index contributed by atoms with van der Waals surface area (Å²) in [7, 11) is -0.624. The van der Waals surface area contributed by atoms with E-state index >= 15 is 0 Å². The van der Waals surface area contributed by atoms with Gasteiger partial charge in [-0.25, -0.2) is 12.7 Å². The van der Waals surface area contributed by atoms with Crippen LogP contribution >= 0.6 is 0 Å². The average molecular weight is 631 g/mol. The third-order valence-electron chi connectivity index (χ3n) is 8.24. The molecule has 2 rings (SSSR count). The van der Waals surface area contributed by atoms with Gasteiger partial charge in [-0.3, -0.25) is 9.59 Å². The smallest absolute Gasteiger partial charge is 0.243 e. The first-order chi connectivity index (χ1) is 21.0. The van der Waals surface area contributed by atoms with Crippen LogP contribution in [0.3, 0.4) is 0 Å². The Kier molecular flexibility index (Phi) is 16.5. The predicted molar refractivity (Wildman–Crippen MR) is 173 cm³/mol. The molecular formula is C33H50N4O6S. The lowest BCUT2D eigenvalue weighted by atomic mass is 9.82. The van der Waals surface area contributed by atoms with E-state index in [0.29, 0.717) is 13.0 Å². The first-order valence-corrected chi connectivity index (χ1v) is 17.1. The lowest BCUT2D eigenvalue weighted by Gasteiger charge is -2.33. The number of aliphatic hydroxyl groups is 2. The molecule has 44 heavy (non-hydrogen) atoms. The Morgan fingerprint density at radius 2 is 1.73 bits per heavy atom. The fraction of sp³-hybridized carbons (Fsp3) is 0.636. The van der Waals surface area contributed by atoms with Crippen molar-refractivity contribution in [3.05, 3.63) is 35.9 Å². The fourth-order valence-electron chi connectivity index (χ4n) is 5.55. The van der Waals surface area contributed by atoms with E-state index in [1.54, 1.807) is 7.05 Å². The zero-order valence-electron chi connectivity index (χ0n) is 26.1. The van der Waals surface area contributed by atoms with Gasteiger partial charge in [-0.2, -0.15) is 0 Å². The summed E-state index contributed by atoms with van der Waals surface area (Å²) in [4.78, 5) is 27.2. The van der Waals surface area contributed by atoms with Crippen LogP contribution in [-0.4, -0.2) is 92.0 Å². The van der Waals surface area contributed by atoms with Crippen molar-refractivity contribution < 1.29 is 28.2 Å². The van der Waals surface area contributed by atoms with Crippen molar-refractivity contribution in [1.82, 2.24) is 20.3 Å². The maximum atomic E-state index is 13.7. The Morgan fingerprint density at radius 3 is 2.34 bits per heavy atom. The van der Waals surface area contributed by atoms with E-state index in [0.717, 1.165) is 37.7 Å². The fourth-order valence-corrected chi connectivity index (χ4v) is 6.95. The van der Waals surface area contributed by atoms with E-state index in [1.807, 2.05) is 30.3 Å². The molecule has 244 valence electrons. The van der Waals surface area contributed by atoms with Gasteiger partial charge in [-0.15, -0.1) is 24.7 Å². The van der Waals surface area contributed by atoms with Crippen molar-refractivity contribution >= 4 is 21.8 Å². The van der Waals surface area contributed by atoms with Crippen molar-refractivity contribution in [1.29, 1.82) is 0 Å². The van der Waals surface area contributed by atoms with Crippen LogP contribution in [-0.2, 0) is 26.0 Å². The van der Waals surface area contributed by atoms with Gasteiger partial charge in [0.15, 0.2) is 0 Å². The number of likely N-dealkylation sites (N-methyl/N-ethyl adjacent to an activating group) is 2. The van der Waals surface area contributed by atoms with Crippen LogP contribution in [0.5, 0.6) is 0 Å². The first kappa shape index (κ1) is 37.3. The van der Waals surface area contributed by atoms with E-state index in [9.17, 15) is 28.2 Å². The molecule has 5 atom stereocenters. The van der Waals surface area contributed by atoms with Crippen LogP contribution in [0.4, 0.5) is 0 Å². The number of benzene rings is 1. The summed E-state index contributed by atoms with van der Waals surface area (Å²) in [6.45, 7) is 0.680. The van der Waals surface area contributed by atoms with Crippen molar-refractivity contribution in [2.24, 2.45) is 11.8 Å². The number of nitrogens with zero attached hydrogens (tertiary/aromatic N) is 1. The quantitative estimate of drug-likeness (QED) is 0.145. The second-order valence-corrected chi connectivity index (χ2v) is 13.8. The van der Waals surface area contributed by atoms with E-state index in [4.69, 9.17) is 12.8 Å². The summed E-state index contributed by atoms with van der Waals surface area (Å²) in [5, 5.41) is 30.1.